The van der Waals surface area contributed by atoms with E-state index >= 15 is 0 Å². The van der Waals surface area contributed by atoms with E-state index in [2.05, 4.69) is 13.2 Å². The van der Waals surface area contributed by atoms with Crippen molar-refractivity contribution in [2.75, 3.05) is 13.2 Å². The standard InChI is InChI=1S/C3H7N.C3H5O/c2*1-2-3-4/h2H,1,3-4H2;2H,1,3H2. The van der Waals surface area contributed by atoms with E-state index in [1.165, 1.54) is 6.08 Å². The smallest absolute Gasteiger partial charge is 0.100 e. The molecule has 0 bridgehead atoms. The van der Waals surface area contributed by atoms with E-state index in [1.807, 2.05) is 0 Å². The normalized spacial score (nSPS) is 6.25. The lowest BCUT2D eigenvalue weighted by atomic mass is 10.7. The first kappa shape index (κ1) is 10.4. The van der Waals surface area contributed by atoms with Gasteiger partial charge in [0.25, 0.3) is 0 Å². The average Bonchev–Trinajstić information content (AvgIpc) is 1.88. The Morgan fingerprint density at radius 1 is 1.38 bits per heavy atom. The highest BCUT2D eigenvalue weighted by Crippen LogP contribution is 1.48. The van der Waals surface area contributed by atoms with Crippen LogP contribution in [0.5, 0.6) is 0 Å². The van der Waals surface area contributed by atoms with Crippen molar-refractivity contribution in [3.05, 3.63) is 25.3 Å². The maximum absolute atomic E-state index is 9.18. The van der Waals surface area contributed by atoms with Gasteiger partial charge in [0.15, 0.2) is 0 Å². The van der Waals surface area contributed by atoms with Crippen LogP contribution in [0.25, 0.3) is 0 Å². The molecule has 0 spiro atoms. The van der Waals surface area contributed by atoms with Crippen LogP contribution in [0.2, 0.25) is 0 Å². The Morgan fingerprint density at radius 2 is 1.62 bits per heavy atom. The Morgan fingerprint density at radius 3 is 1.62 bits per heavy atom. The Bertz CT molecular complexity index is 44.5. The molecule has 0 heterocycles. The first-order chi connectivity index (χ1) is 3.83. The van der Waals surface area contributed by atoms with Gasteiger partial charge in [-0.25, -0.2) is 5.11 Å². The SMILES string of the molecule is C=CCN.C=CC[O]. The molecule has 47 valence electrons. The van der Waals surface area contributed by atoms with Crippen molar-refractivity contribution in [2.24, 2.45) is 5.73 Å². The summed E-state index contributed by atoms with van der Waals surface area (Å²) in [7, 11) is 0. The van der Waals surface area contributed by atoms with Crippen molar-refractivity contribution in [1.82, 2.24) is 0 Å². The van der Waals surface area contributed by atoms with Crippen LogP contribution in [-0.4, -0.2) is 13.2 Å². The van der Waals surface area contributed by atoms with Gasteiger partial charge in [0.2, 0.25) is 0 Å². The number of hydrogen-bond donors (Lipinski definition) is 1. The Labute approximate surface area is 50.3 Å². The zero-order valence-electron chi connectivity index (χ0n) is 4.97. The molecule has 0 aromatic carbocycles. The molecule has 2 nitrogen and oxygen atoms in total. The molecular formula is C6H12NO. The predicted octanol–water partition coefficient (Wildman–Crippen LogP) is 0.734. The van der Waals surface area contributed by atoms with Crippen LogP contribution in [0, 0.1) is 0 Å². The molecule has 0 unspecified atom stereocenters. The summed E-state index contributed by atoms with van der Waals surface area (Å²) in [5.74, 6) is 0. The van der Waals surface area contributed by atoms with Gasteiger partial charge in [0.1, 0.15) is 6.61 Å². The van der Waals surface area contributed by atoms with E-state index in [1.54, 1.807) is 6.08 Å². The van der Waals surface area contributed by atoms with E-state index in [9.17, 15) is 5.11 Å². The second-order valence-electron chi connectivity index (χ2n) is 0.980. The monoisotopic (exact) mass is 114 g/mol. The van der Waals surface area contributed by atoms with Gasteiger partial charge in [-0.2, -0.15) is 0 Å². The van der Waals surface area contributed by atoms with E-state index in [4.69, 9.17) is 5.73 Å². The molecule has 0 aliphatic heterocycles. The highest BCUT2D eigenvalue weighted by molar-refractivity contribution is 4.64. The van der Waals surface area contributed by atoms with Crippen LogP contribution >= 0.6 is 0 Å². The Kier molecular flexibility index (Phi) is 21.0. The number of hydrogen-bond acceptors (Lipinski definition) is 1. The minimum atomic E-state index is -0.167. The van der Waals surface area contributed by atoms with Crippen molar-refractivity contribution >= 4 is 0 Å². The van der Waals surface area contributed by atoms with Gasteiger partial charge in [0.05, 0.1) is 0 Å². The van der Waals surface area contributed by atoms with Gasteiger partial charge in [-0.15, -0.1) is 13.2 Å². The minimum absolute atomic E-state index is 0.167. The lowest BCUT2D eigenvalue weighted by Gasteiger charge is -1.61. The van der Waals surface area contributed by atoms with Crippen LogP contribution < -0.4 is 5.73 Å². The quantitative estimate of drug-likeness (QED) is 0.528. The van der Waals surface area contributed by atoms with Gasteiger partial charge in [-0.05, 0) is 0 Å². The molecule has 0 aromatic rings. The molecule has 0 amide bonds. The summed E-state index contributed by atoms with van der Waals surface area (Å²) in [6.45, 7) is 6.94. The second-order valence-corrected chi connectivity index (χ2v) is 0.980. The largest absolute Gasteiger partial charge is 0.327 e. The topological polar surface area (TPSA) is 45.9 Å². The summed E-state index contributed by atoms with van der Waals surface area (Å²) in [6.07, 6.45) is 2.97. The van der Waals surface area contributed by atoms with Crippen molar-refractivity contribution in [1.29, 1.82) is 0 Å². The van der Waals surface area contributed by atoms with Crippen LogP contribution in [0.15, 0.2) is 25.3 Å². The molecule has 0 fully saturated rings. The van der Waals surface area contributed by atoms with Crippen molar-refractivity contribution < 1.29 is 5.11 Å². The maximum Gasteiger partial charge on any atom is 0.100 e. The zero-order valence-corrected chi connectivity index (χ0v) is 4.97. The van der Waals surface area contributed by atoms with Crippen molar-refractivity contribution in [3.8, 4) is 0 Å². The molecule has 2 heteroatoms. The highest BCUT2D eigenvalue weighted by Gasteiger charge is 1.49. The summed E-state index contributed by atoms with van der Waals surface area (Å²) in [6, 6.07) is 0. The highest BCUT2D eigenvalue weighted by atomic mass is 16.2. The fourth-order valence-electron chi connectivity index (χ4n) is 0. The van der Waals surface area contributed by atoms with E-state index in [-0.39, 0.29) is 6.61 Å². The lowest BCUT2D eigenvalue weighted by Crippen LogP contribution is -1.90. The van der Waals surface area contributed by atoms with Crippen molar-refractivity contribution in [2.45, 2.75) is 0 Å². The fraction of sp³-hybridized carbons (Fsp3) is 0.333. The average molecular weight is 114 g/mol. The van der Waals surface area contributed by atoms with Gasteiger partial charge in [-0.3, -0.25) is 0 Å². The van der Waals surface area contributed by atoms with Crippen LogP contribution in [0.3, 0.4) is 0 Å². The van der Waals surface area contributed by atoms with Gasteiger partial charge in [0, 0.05) is 6.54 Å². The molecule has 1 radical (unpaired) electrons. The van der Waals surface area contributed by atoms with Gasteiger partial charge in [-0.1, -0.05) is 12.2 Å². The first-order valence-electron chi connectivity index (χ1n) is 2.33. The summed E-state index contributed by atoms with van der Waals surface area (Å²) in [4.78, 5) is 0. The Balaban J connectivity index is 0. The summed E-state index contributed by atoms with van der Waals surface area (Å²) < 4.78 is 0. The maximum atomic E-state index is 9.18. The van der Waals surface area contributed by atoms with Crippen LogP contribution in [-0.2, 0) is 5.11 Å². The van der Waals surface area contributed by atoms with Gasteiger partial charge >= 0.3 is 0 Å². The molecule has 0 atom stereocenters. The summed E-state index contributed by atoms with van der Waals surface area (Å²) >= 11 is 0. The molecule has 0 aromatic heterocycles. The number of rotatable bonds is 2. The summed E-state index contributed by atoms with van der Waals surface area (Å²) in [5.41, 5.74) is 4.91. The molecule has 0 rings (SSSR count). The minimum Gasteiger partial charge on any atom is -0.327 e. The molecule has 0 saturated heterocycles. The second kappa shape index (κ2) is 16.1. The lowest BCUT2D eigenvalue weighted by molar-refractivity contribution is 0.232. The third kappa shape index (κ3) is 53.3. The predicted molar refractivity (Wildman–Crippen MR) is 35.0 cm³/mol. The number of nitrogens with two attached hydrogens (primary N) is 1. The summed E-state index contributed by atoms with van der Waals surface area (Å²) in [5, 5.41) is 9.18. The zero-order chi connectivity index (χ0) is 6.83. The van der Waals surface area contributed by atoms with E-state index in [0.29, 0.717) is 6.54 Å². The molecule has 2 N–H and O–H groups in total. The molecule has 8 heavy (non-hydrogen) atoms. The van der Waals surface area contributed by atoms with E-state index < -0.39 is 0 Å². The molecule has 0 aliphatic carbocycles. The van der Waals surface area contributed by atoms with E-state index in [0.717, 1.165) is 0 Å². The third-order valence-corrected chi connectivity index (χ3v) is 0.285. The molecular weight excluding hydrogens is 102 g/mol. The van der Waals surface area contributed by atoms with Gasteiger partial charge < -0.3 is 5.73 Å². The molecule has 0 aliphatic rings. The van der Waals surface area contributed by atoms with Crippen molar-refractivity contribution in [3.63, 3.8) is 0 Å². The van der Waals surface area contributed by atoms with Crippen LogP contribution in [0.4, 0.5) is 0 Å². The Hall–Kier alpha value is -0.600. The first-order valence-corrected chi connectivity index (χ1v) is 2.33. The fourth-order valence-corrected chi connectivity index (χ4v) is 0. The molecule has 0 saturated carbocycles. The third-order valence-electron chi connectivity index (χ3n) is 0.285. The van der Waals surface area contributed by atoms with Crippen LogP contribution in [0.1, 0.15) is 0 Å².